The smallest absolute Gasteiger partial charge is 0.407 e. The molecule has 0 aliphatic heterocycles. The standard InChI is InChI=1S/C16H14O5.C14H21NO3/c1-11(17)13-3-7-15(8-4-13)19-21-20-16-9-5-14(6-10-16)12(2)18;1-14(2,3)18-13(17)15-12(10-16)9-11-7-5-4-6-8-11/h3-10H,1-2H3;4-8,12,16H,9-10H2,1-3H3,(H,15,17)/t;12-/m.0/s1. The van der Waals surface area contributed by atoms with Crippen LogP contribution < -0.4 is 15.1 Å². The van der Waals surface area contributed by atoms with E-state index in [4.69, 9.17) is 14.5 Å². The second kappa shape index (κ2) is 15.3. The van der Waals surface area contributed by atoms with E-state index in [1.807, 2.05) is 30.3 Å². The number of amides is 1. The van der Waals surface area contributed by atoms with Crippen LogP contribution in [0.25, 0.3) is 0 Å². The van der Waals surface area contributed by atoms with Gasteiger partial charge in [-0.1, -0.05) is 30.3 Å². The molecule has 0 aromatic heterocycles. The molecular weight excluding hydrogens is 502 g/mol. The van der Waals surface area contributed by atoms with Crippen LogP contribution in [0.1, 0.15) is 60.9 Å². The quantitative estimate of drug-likeness (QED) is 0.197. The van der Waals surface area contributed by atoms with Crippen molar-refractivity contribution >= 4 is 17.7 Å². The molecule has 0 saturated carbocycles. The minimum absolute atomic E-state index is 0.0238. The number of ketones is 2. The van der Waals surface area contributed by atoms with Gasteiger partial charge in [0, 0.05) is 16.2 Å². The number of carbonyl (C=O) groups is 3. The Morgan fingerprint density at radius 1 is 0.769 bits per heavy atom. The Kier molecular flexibility index (Phi) is 12.1. The fraction of sp³-hybridized carbons (Fsp3) is 0.300. The summed E-state index contributed by atoms with van der Waals surface area (Å²) in [7, 11) is 0. The number of rotatable bonds is 10. The van der Waals surface area contributed by atoms with Crippen molar-refractivity contribution in [3.05, 3.63) is 95.6 Å². The van der Waals surface area contributed by atoms with E-state index in [1.165, 1.54) is 13.8 Å². The maximum absolute atomic E-state index is 11.6. The number of benzene rings is 3. The number of aliphatic hydroxyl groups is 1. The van der Waals surface area contributed by atoms with Crippen LogP contribution in [0.3, 0.4) is 0 Å². The number of ether oxygens (including phenoxy) is 1. The van der Waals surface area contributed by atoms with Gasteiger partial charge in [-0.2, -0.15) is 0 Å². The van der Waals surface area contributed by atoms with Gasteiger partial charge in [-0.05, 0) is 95.1 Å². The number of aliphatic hydroxyl groups excluding tert-OH is 1. The van der Waals surface area contributed by atoms with Gasteiger partial charge in [-0.15, -0.1) is 0 Å². The van der Waals surface area contributed by atoms with Crippen LogP contribution in [0, 0.1) is 0 Å². The van der Waals surface area contributed by atoms with Crippen molar-refractivity contribution in [2.75, 3.05) is 6.61 Å². The van der Waals surface area contributed by atoms with Crippen LogP contribution >= 0.6 is 0 Å². The molecule has 1 amide bonds. The van der Waals surface area contributed by atoms with Gasteiger partial charge in [0.2, 0.25) is 0 Å². The van der Waals surface area contributed by atoms with Crippen LogP contribution in [-0.4, -0.2) is 41.0 Å². The van der Waals surface area contributed by atoms with Crippen molar-refractivity contribution in [1.29, 1.82) is 0 Å². The average molecular weight is 538 g/mol. The van der Waals surface area contributed by atoms with Gasteiger partial charge < -0.3 is 15.2 Å². The predicted molar refractivity (Wildman–Crippen MR) is 146 cm³/mol. The summed E-state index contributed by atoms with van der Waals surface area (Å²) in [4.78, 5) is 43.6. The van der Waals surface area contributed by atoms with Crippen molar-refractivity contribution in [1.82, 2.24) is 5.32 Å². The Bertz CT molecular complexity index is 1130. The van der Waals surface area contributed by atoms with Gasteiger partial charge in [0.25, 0.3) is 0 Å². The number of alkyl carbamates (subject to hydrolysis) is 1. The van der Waals surface area contributed by atoms with E-state index in [9.17, 15) is 19.5 Å². The summed E-state index contributed by atoms with van der Waals surface area (Å²) in [5, 5.41) is 16.6. The third kappa shape index (κ3) is 12.3. The van der Waals surface area contributed by atoms with E-state index < -0.39 is 11.7 Å². The molecule has 0 aliphatic rings. The van der Waals surface area contributed by atoms with E-state index in [0.29, 0.717) is 29.0 Å². The lowest BCUT2D eigenvalue weighted by atomic mass is 10.1. The van der Waals surface area contributed by atoms with Crippen molar-refractivity contribution in [3.63, 3.8) is 0 Å². The summed E-state index contributed by atoms with van der Waals surface area (Å²) in [5.74, 6) is 0.759. The minimum Gasteiger partial charge on any atom is -0.444 e. The van der Waals surface area contributed by atoms with E-state index in [1.54, 1.807) is 69.3 Å². The minimum atomic E-state index is -0.531. The zero-order valence-electron chi connectivity index (χ0n) is 22.8. The molecule has 0 fully saturated rings. The molecule has 9 heteroatoms. The first-order valence-electron chi connectivity index (χ1n) is 12.3. The van der Waals surface area contributed by atoms with Gasteiger partial charge in [0.15, 0.2) is 23.1 Å². The third-order valence-electron chi connectivity index (χ3n) is 5.05. The highest BCUT2D eigenvalue weighted by Gasteiger charge is 2.19. The van der Waals surface area contributed by atoms with Gasteiger partial charge in [0.1, 0.15) is 5.60 Å². The summed E-state index contributed by atoms with van der Waals surface area (Å²) in [6.07, 6.45) is 0.0776. The molecule has 0 saturated heterocycles. The molecule has 2 N–H and O–H groups in total. The summed E-state index contributed by atoms with van der Waals surface area (Å²) in [6.45, 7) is 8.27. The van der Waals surface area contributed by atoms with Crippen LogP contribution in [0.2, 0.25) is 0 Å². The number of Topliss-reactive ketones (excluding diaryl/α,β-unsaturated/α-hetero) is 2. The number of hydrogen-bond donors (Lipinski definition) is 2. The molecule has 0 unspecified atom stereocenters. The Labute approximate surface area is 228 Å². The van der Waals surface area contributed by atoms with Crippen molar-refractivity contribution in [3.8, 4) is 11.5 Å². The van der Waals surface area contributed by atoms with Crippen LogP contribution in [0.15, 0.2) is 78.9 Å². The Morgan fingerprint density at radius 2 is 1.23 bits per heavy atom. The summed E-state index contributed by atoms with van der Waals surface area (Å²) in [5.41, 5.74) is 1.70. The fourth-order valence-corrected chi connectivity index (χ4v) is 3.12. The monoisotopic (exact) mass is 537 g/mol. The lowest BCUT2D eigenvalue weighted by Crippen LogP contribution is -2.42. The lowest BCUT2D eigenvalue weighted by molar-refractivity contribution is -0.411. The SMILES string of the molecule is CC(=O)c1ccc(OOOc2ccc(C(C)=O)cc2)cc1.CC(C)(C)OC(=O)N[C@H](CO)Cc1ccccc1. The van der Waals surface area contributed by atoms with Gasteiger partial charge in [0.05, 0.1) is 12.6 Å². The zero-order valence-corrected chi connectivity index (χ0v) is 22.8. The maximum Gasteiger partial charge on any atom is 0.407 e. The van der Waals surface area contributed by atoms with E-state index in [0.717, 1.165) is 5.56 Å². The largest absolute Gasteiger partial charge is 0.444 e. The Morgan fingerprint density at radius 3 is 1.62 bits per heavy atom. The van der Waals surface area contributed by atoms with Crippen LogP contribution in [-0.2, 0) is 16.2 Å². The average Bonchev–Trinajstić information content (AvgIpc) is 2.89. The first-order valence-corrected chi connectivity index (χ1v) is 12.3. The zero-order chi connectivity index (χ0) is 28.8. The summed E-state index contributed by atoms with van der Waals surface area (Å²) >= 11 is 0. The molecular formula is C30H35NO8. The third-order valence-corrected chi connectivity index (χ3v) is 5.05. The second-order valence-corrected chi connectivity index (χ2v) is 9.61. The number of carbonyl (C=O) groups excluding carboxylic acids is 3. The molecule has 3 aromatic carbocycles. The van der Waals surface area contributed by atoms with Crippen molar-refractivity contribution in [2.24, 2.45) is 0 Å². The number of nitrogens with one attached hydrogen (secondary N) is 1. The van der Waals surface area contributed by atoms with Gasteiger partial charge in [-0.25, -0.2) is 4.79 Å². The van der Waals surface area contributed by atoms with Crippen LogP contribution in [0.5, 0.6) is 11.5 Å². The Balaban J connectivity index is 0.000000277. The topological polar surface area (TPSA) is 120 Å². The molecule has 0 aliphatic carbocycles. The van der Waals surface area contributed by atoms with Crippen LogP contribution in [0.4, 0.5) is 4.79 Å². The molecule has 0 radical (unpaired) electrons. The van der Waals surface area contributed by atoms with Gasteiger partial charge in [-0.3, -0.25) is 19.4 Å². The highest BCUT2D eigenvalue weighted by Crippen LogP contribution is 2.16. The second-order valence-electron chi connectivity index (χ2n) is 9.61. The molecule has 0 heterocycles. The van der Waals surface area contributed by atoms with Gasteiger partial charge >= 0.3 is 6.09 Å². The molecule has 39 heavy (non-hydrogen) atoms. The van der Waals surface area contributed by atoms with Crippen molar-refractivity contribution in [2.45, 2.75) is 52.7 Å². The molecule has 208 valence electrons. The Hall–Kier alpha value is -4.21. The highest BCUT2D eigenvalue weighted by atomic mass is 17.5. The fourth-order valence-electron chi connectivity index (χ4n) is 3.12. The van der Waals surface area contributed by atoms with E-state index >= 15 is 0 Å². The van der Waals surface area contributed by atoms with E-state index in [2.05, 4.69) is 10.4 Å². The van der Waals surface area contributed by atoms with E-state index in [-0.39, 0.29) is 24.2 Å². The molecule has 0 spiro atoms. The molecule has 3 rings (SSSR count). The molecule has 3 aromatic rings. The maximum atomic E-state index is 11.6. The number of hydrogen-bond acceptors (Lipinski definition) is 8. The lowest BCUT2D eigenvalue weighted by Gasteiger charge is -2.22. The molecule has 9 nitrogen and oxygen atoms in total. The van der Waals surface area contributed by atoms with Crippen molar-refractivity contribution < 1.29 is 39.0 Å². The summed E-state index contributed by atoms with van der Waals surface area (Å²) in [6, 6.07) is 22.3. The first kappa shape index (κ1) is 31.0. The predicted octanol–water partition coefficient (Wildman–Crippen LogP) is 5.51. The highest BCUT2D eigenvalue weighted by molar-refractivity contribution is 5.94. The normalized spacial score (nSPS) is 11.3. The first-order chi connectivity index (χ1) is 18.5. The molecule has 1 atom stereocenters. The summed E-state index contributed by atoms with van der Waals surface area (Å²) < 4.78 is 5.15. The molecule has 0 bridgehead atoms.